The number of phenolic OH excluding ortho intramolecular Hbond substituents is 1. The number of benzene rings is 2. The highest BCUT2D eigenvalue weighted by Crippen LogP contribution is 2.29. The number of esters is 1. The van der Waals surface area contributed by atoms with Gasteiger partial charge in [0.25, 0.3) is 0 Å². The highest BCUT2D eigenvalue weighted by molar-refractivity contribution is 7.92. The SMILES string of the molecule is CC(C)(C)OC(=O)Cn1c(O)c(Cc2ccc(N3CCC(NC[C@H](O)c4ccc(O)c(NS(C)(=O)=O)c4)CC3)cc2)sc1=O. The molecule has 1 aliphatic rings. The van der Waals surface area contributed by atoms with Crippen LogP contribution in [0.3, 0.4) is 0 Å². The molecule has 1 aliphatic heterocycles. The van der Waals surface area contributed by atoms with E-state index in [1.165, 1.54) is 12.1 Å². The van der Waals surface area contributed by atoms with Crippen molar-refractivity contribution in [1.29, 1.82) is 0 Å². The van der Waals surface area contributed by atoms with Gasteiger partial charge in [0.1, 0.15) is 17.9 Å². The first kappa shape index (κ1) is 33.3. The molecule has 0 radical (unpaired) electrons. The van der Waals surface area contributed by atoms with Crippen molar-refractivity contribution >= 4 is 38.7 Å². The number of piperidine rings is 1. The third-order valence-electron chi connectivity index (χ3n) is 7.10. The van der Waals surface area contributed by atoms with Crippen molar-refractivity contribution in [3.63, 3.8) is 0 Å². The maximum atomic E-state index is 12.4. The molecule has 240 valence electrons. The first-order valence-corrected chi connectivity index (χ1v) is 17.0. The second-order valence-electron chi connectivity index (χ2n) is 12.0. The predicted molar refractivity (Wildman–Crippen MR) is 170 cm³/mol. The van der Waals surface area contributed by atoms with Gasteiger partial charge in [-0.3, -0.25) is 18.9 Å². The summed E-state index contributed by atoms with van der Waals surface area (Å²) in [5, 5.41) is 34.6. The van der Waals surface area contributed by atoms with Crippen molar-refractivity contribution in [3.8, 4) is 11.6 Å². The van der Waals surface area contributed by atoms with Gasteiger partial charge < -0.3 is 30.3 Å². The van der Waals surface area contributed by atoms with Gasteiger partial charge in [0.05, 0.1) is 22.9 Å². The minimum atomic E-state index is -3.58. The molecule has 5 N–H and O–H groups in total. The van der Waals surface area contributed by atoms with Crippen molar-refractivity contribution < 1.29 is 33.3 Å². The van der Waals surface area contributed by atoms with Crippen LogP contribution in [-0.2, 0) is 32.5 Å². The lowest BCUT2D eigenvalue weighted by molar-refractivity contribution is -0.155. The maximum absolute atomic E-state index is 12.4. The molecular formula is C30H40N4O8S2. The van der Waals surface area contributed by atoms with E-state index in [1.54, 1.807) is 26.8 Å². The van der Waals surface area contributed by atoms with Crippen LogP contribution in [0.5, 0.6) is 11.6 Å². The number of carbonyl (C=O) groups excluding carboxylic acids is 1. The van der Waals surface area contributed by atoms with Crippen molar-refractivity contribution in [2.75, 3.05) is 35.5 Å². The molecule has 2 heterocycles. The lowest BCUT2D eigenvalue weighted by Crippen LogP contribution is -2.43. The van der Waals surface area contributed by atoms with Gasteiger partial charge in [-0.15, -0.1) is 0 Å². The van der Waals surface area contributed by atoms with E-state index >= 15 is 0 Å². The Morgan fingerprint density at radius 2 is 1.77 bits per heavy atom. The van der Waals surface area contributed by atoms with Gasteiger partial charge in [0.2, 0.25) is 15.9 Å². The molecule has 1 saturated heterocycles. The minimum absolute atomic E-state index is 0.0209. The van der Waals surface area contributed by atoms with Crippen LogP contribution in [0.4, 0.5) is 11.4 Å². The number of nitrogens with one attached hydrogen (secondary N) is 2. The van der Waals surface area contributed by atoms with Gasteiger partial charge in [0, 0.05) is 37.8 Å². The Morgan fingerprint density at radius 1 is 1.11 bits per heavy atom. The molecule has 1 aromatic heterocycles. The number of carbonyl (C=O) groups is 1. The molecule has 0 bridgehead atoms. The molecule has 2 aromatic carbocycles. The van der Waals surface area contributed by atoms with Crippen LogP contribution in [0, 0.1) is 0 Å². The van der Waals surface area contributed by atoms with Crippen LogP contribution in [0.2, 0.25) is 0 Å². The van der Waals surface area contributed by atoms with Gasteiger partial charge in [-0.2, -0.15) is 0 Å². The maximum Gasteiger partial charge on any atom is 0.326 e. The van der Waals surface area contributed by atoms with Crippen LogP contribution in [-0.4, -0.2) is 71.8 Å². The summed E-state index contributed by atoms with van der Waals surface area (Å²) < 4.78 is 31.6. The highest BCUT2D eigenvalue weighted by Gasteiger charge is 2.23. The van der Waals surface area contributed by atoms with Gasteiger partial charge in [0.15, 0.2) is 0 Å². The fourth-order valence-electron chi connectivity index (χ4n) is 4.99. The van der Waals surface area contributed by atoms with Crippen LogP contribution < -0.4 is 19.8 Å². The van der Waals surface area contributed by atoms with E-state index in [9.17, 15) is 33.3 Å². The number of sulfonamides is 1. The summed E-state index contributed by atoms with van der Waals surface area (Å²) in [7, 11) is -3.58. The van der Waals surface area contributed by atoms with Gasteiger partial charge in [-0.05, 0) is 69.0 Å². The Hall–Kier alpha value is -3.59. The first-order chi connectivity index (χ1) is 20.6. The number of hydrogen-bond acceptors (Lipinski definition) is 11. The van der Waals surface area contributed by atoms with Crippen LogP contribution in [0.25, 0.3) is 0 Å². The number of thiazole rings is 1. The van der Waals surface area contributed by atoms with Crippen molar-refractivity contribution in [2.45, 2.75) is 64.3 Å². The summed E-state index contributed by atoms with van der Waals surface area (Å²) in [6.07, 6.45) is 2.18. The van der Waals surface area contributed by atoms with E-state index in [0.717, 1.165) is 59.3 Å². The van der Waals surface area contributed by atoms with Crippen molar-refractivity contribution in [3.05, 3.63) is 68.1 Å². The number of nitrogens with zero attached hydrogens (tertiary/aromatic N) is 2. The normalized spacial score (nSPS) is 15.2. The zero-order valence-electron chi connectivity index (χ0n) is 25.2. The lowest BCUT2D eigenvalue weighted by Gasteiger charge is -2.34. The Kier molecular flexibility index (Phi) is 10.3. The van der Waals surface area contributed by atoms with Crippen LogP contribution in [0.15, 0.2) is 47.3 Å². The Bertz CT molecular complexity index is 1620. The smallest absolute Gasteiger partial charge is 0.326 e. The zero-order valence-corrected chi connectivity index (χ0v) is 26.9. The zero-order chi connectivity index (χ0) is 32.2. The quantitative estimate of drug-likeness (QED) is 0.154. The molecule has 1 fully saturated rings. The number of anilines is 2. The summed E-state index contributed by atoms with van der Waals surface area (Å²) in [4.78, 5) is 26.9. The van der Waals surface area contributed by atoms with E-state index in [4.69, 9.17) is 4.74 Å². The third-order valence-corrected chi connectivity index (χ3v) is 8.66. The number of phenols is 1. The fourth-order valence-corrected chi connectivity index (χ4v) is 6.47. The molecule has 0 amide bonds. The number of aliphatic hydroxyl groups excluding tert-OH is 1. The molecule has 12 nitrogen and oxygen atoms in total. The van der Waals surface area contributed by atoms with E-state index in [-0.39, 0.29) is 36.4 Å². The molecule has 0 spiro atoms. The molecule has 0 unspecified atom stereocenters. The van der Waals surface area contributed by atoms with Crippen LogP contribution in [0.1, 0.15) is 55.7 Å². The molecule has 1 atom stereocenters. The van der Waals surface area contributed by atoms with E-state index in [2.05, 4.69) is 14.9 Å². The monoisotopic (exact) mass is 648 g/mol. The summed E-state index contributed by atoms with van der Waals surface area (Å²) >= 11 is 0.913. The number of rotatable bonds is 11. The first-order valence-electron chi connectivity index (χ1n) is 14.3. The van der Waals surface area contributed by atoms with E-state index in [0.29, 0.717) is 16.9 Å². The highest BCUT2D eigenvalue weighted by atomic mass is 32.2. The number of aromatic nitrogens is 1. The number of ether oxygens (including phenoxy) is 1. The van der Waals surface area contributed by atoms with Crippen molar-refractivity contribution in [2.24, 2.45) is 0 Å². The number of aromatic hydroxyl groups is 2. The average molecular weight is 649 g/mol. The second-order valence-corrected chi connectivity index (χ2v) is 14.8. The largest absolute Gasteiger partial charge is 0.506 e. The fraction of sp³-hybridized carbons (Fsp3) is 0.467. The van der Waals surface area contributed by atoms with E-state index < -0.39 is 32.6 Å². The topological polar surface area (TPSA) is 170 Å². The number of hydrogen-bond donors (Lipinski definition) is 5. The Morgan fingerprint density at radius 3 is 2.39 bits per heavy atom. The third kappa shape index (κ3) is 9.21. The van der Waals surface area contributed by atoms with Gasteiger partial charge in [-0.1, -0.05) is 29.5 Å². The summed E-state index contributed by atoms with van der Waals surface area (Å²) in [6.45, 7) is 6.77. The number of aliphatic hydroxyl groups is 1. The summed E-state index contributed by atoms with van der Waals surface area (Å²) in [5.74, 6) is -1.02. The molecule has 44 heavy (non-hydrogen) atoms. The Balaban J connectivity index is 1.27. The van der Waals surface area contributed by atoms with Crippen molar-refractivity contribution in [1.82, 2.24) is 9.88 Å². The Labute approximate surface area is 261 Å². The molecule has 3 aromatic rings. The molecule has 0 aliphatic carbocycles. The van der Waals surface area contributed by atoms with Gasteiger partial charge >= 0.3 is 10.8 Å². The predicted octanol–water partition coefficient (Wildman–Crippen LogP) is 2.92. The molecule has 4 rings (SSSR count). The minimum Gasteiger partial charge on any atom is -0.506 e. The molecule has 0 saturated carbocycles. The lowest BCUT2D eigenvalue weighted by atomic mass is 10.0. The average Bonchev–Trinajstić information content (AvgIpc) is 3.19. The molecular weight excluding hydrogens is 608 g/mol. The van der Waals surface area contributed by atoms with Gasteiger partial charge in [-0.25, -0.2) is 8.42 Å². The standard InChI is InChI=1S/C30H40N4O8S2/c1-30(2,3)42-27(37)18-34-28(38)26(43-29(34)39)15-19-5-8-22(9-6-19)33-13-11-21(12-14-33)31-17-25(36)20-7-10-24(35)23(16-20)32-44(4,40)41/h5-10,16,21,25,31-32,35-36,38H,11-15,17-18H2,1-4H3/t25-/m0/s1. The molecule has 14 heteroatoms. The summed E-state index contributed by atoms with van der Waals surface area (Å²) in [6, 6.07) is 12.5. The van der Waals surface area contributed by atoms with E-state index in [1.807, 2.05) is 24.3 Å². The second kappa shape index (κ2) is 13.6. The van der Waals surface area contributed by atoms with Crippen LogP contribution >= 0.6 is 11.3 Å². The summed E-state index contributed by atoms with van der Waals surface area (Å²) in [5.41, 5.74) is 1.80.